The number of thiophene rings is 1. The summed E-state index contributed by atoms with van der Waals surface area (Å²) in [6.07, 6.45) is -2.66. The molecule has 0 radical (unpaired) electrons. The van der Waals surface area contributed by atoms with Crippen LogP contribution in [-0.2, 0) is 0 Å². The highest BCUT2D eigenvalue weighted by Crippen LogP contribution is 2.33. The van der Waals surface area contributed by atoms with E-state index in [2.05, 4.69) is 0 Å². The summed E-state index contributed by atoms with van der Waals surface area (Å²) >= 11 is 0.978. The molecule has 1 heterocycles. The maximum atomic E-state index is 12.8. The predicted octanol–water partition coefficient (Wildman–Crippen LogP) is 4.12. The van der Waals surface area contributed by atoms with E-state index in [4.69, 9.17) is 0 Å². The number of halogens is 4. The maximum absolute atomic E-state index is 12.8. The molecular weight excluding hydrogens is 216 g/mol. The van der Waals surface area contributed by atoms with Crippen molar-refractivity contribution in [1.82, 2.24) is 0 Å². The van der Waals surface area contributed by atoms with Crippen LogP contribution in [0.3, 0.4) is 0 Å². The Balaban J connectivity index is 2.74. The minimum Gasteiger partial charge on any atom is -0.205 e. The Kier molecular flexibility index (Phi) is 2.19. The second kappa shape index (κ2) is 3.24. The molecule has 0 atom stereocenters. The van der Waals surface area contributed by atoms with Gasteiger partial charge in [0.15, 0.2) is 11.6 Å². The second-order valence-electron chi connectivity index (χ2n) is 2.75. The van der Waals surface area contributed by atoms with E-state index in [1.807, 2.05) is 0 Å². The van der Waals surface area contributed by atoms with Crippen LogP contribution in [0.1, 0.15) is 12.0 Å². The SMILES string of the molecule is Fc1cc2scc(C(F)F)c2cc1F. The van der Waals surface area contributed by atoms with E-state index in [1.54, 1.807) is 0 Å². The first-order chi connectivity index (χ1) is 6.59. The van der Waals surface area contributed by atoms with Crippen molar-refractivity contribution in [2.24, 2.45) is 0 Å². The van der Waals surface area contributed by atoms with Gasteiger partial charge in [0, 0.05) is 21.0 Å². The van der Waals surface area contributed by atoms with Gasteiger partial charge in [-0.1, -0.05) is 0 Å². The lowest BCUT2D eigenvalue weighted by atomic mass is 10.2. The molecule has 5 heteroatoms. The number of hydrogen-bond acceptors (Lipinski definition) is 1. The van der Waals surface area contributed by atoms with E-state index in [1.165, 1.54) is 5.38 Å². The maximum Gasteiger partial charge on any atom is 0.265 e. The van der Waals surface area contributed by atoms with Crippen LogP contribution >= 0.6 is 11.3 Å². The minimum absolute atomic E-state index is 0.0869. The fourth-order valence-corrected chi connectivity index (χ4v) is 2.17. The number of benzene rings is 1. The van der Waals surface area contributed by atoms with Crippen molar-refractivity contribution >= 4 is 21.4 Å². The van der Waals surface area contributed by atoms with Gasteiger partial charge in [-0.25, -0.2) is 17.6 Å². The van der Waals surface area contributed by atoms with Gasteiger partial charge < -0.3 is 0 Å². The molecule has 0 saturated carbocycles. The van der Waals surface area contributed by atoms with Gasteiger partial charge >= 0.3 is 0 Å². The second-order valence-corrected chi connectivity index (χ2v) is 3.67. The Morgan fingerprint density at radius 1 is 1.07 bits per heavy atom. The Bertz CT molecular complexity index is 475. The molecule has 0 N–H and O–H groups in total. The van der Waals surface area contributed by atoms with E-state index in [0.717, 1.165) is 23.5 Å². The van der Waals surface area contributed by atoms with Crippen LogP contribution in [-0.4, -0.2) is 0 Å². The number of rotatable bonds is 1. The van der Waals surface area contributed by atoms with Gasteiger partial charge in [-0.3, -0.25) is 0 Å². The fourth-order valence-electron chi connectivity index (χ4n) is 1.21. The zero-order chi connectivity index (χ0) is 10.3. The third kappa shape index (κ3) is 1.37. The molecule has 0 amide bonds. The number of alkyl halides is 2. The van der Waals surface area contributed by atoms with E-state index in [0.29, 0.717) is 4.70 Å². The Morgan fingerprint density at radius 2 is 1.71 bits per heavy atom. The highest BCUT2D eigenvalue weighted by Gasteiger charge is 2.15. The lowest BCUT2D eigenvalue weighted by Crippen LogP contribution is -1.85. The quantitative estimate of drug-likeness (QED) is 0.634. The third-order valence-corrected chi connectivity index (χ3v) is 2.84. The number of hydrogen-bond donors (Lipinski definition) is 0. The smallest absolute Gasteiger partial charge is 0.205 e. The first kappa shape index (κ1) is 9.45. The topological polar surface area (TPSA) is 0 Å². The van der Waals surface area contributed by atoms with Gasteiger partial charge in [0.05, 0.1) is 0 Å². The largest absolute Gasteiger partial charge is 0.265 e. The van der Waals surface area contributed by atoms with Gasteiger partial charge in [-0.15, -0.1) is 11.3 Å². The monoisotopic (exact) mass is 220 g/mol. The highest BCUT2D eigenvalue weighted by molar-refractivity contribution is 7.17. The molecule has 0 nitrogen and oxygen atoms in total. The summed E-state index contributed by atoms with van der Waals surface area (Å²) in [5, 5.41) is 1.30. The molecule has 0 unspecified atom stereocenters. The average molecular weight is 220 g/mol. The van der Waals surface area contributed by atoms with Crippen molar-refractivity contribution in [3.8, 4) is 0 Å². The zero-order valence-electron chi connectivity index (χ0n) is 6.73. The average Bonchev–Trinajstić information content (AvgIpc) is 2.48. The lowest BCUT2D eigenvalue weighted by Gasteiger charge is -1.97. The molecule has 14 heavy (non-hydrogen) atoms. The summed E-state index contributed by atoms with van der Waals surface area (Å²) in [5.74, 6) is -2.11. The molecule has 0 spiro atoms. The molecule has 0 aliphatic heterocycles. The molecular formula is C9H4F4S. The highest BCUT2D eigenvalue weighted by atomic mass is 32.1. The van der Waals surface area contributed by atoms with Gasteiger partial charge in [0.2, 0.25) is 0 Å². The Hall–Kier alpha value is -1.10. The minimum atomic E-state index is -2.66. The van der Waals surface area contributed by atoms with Crippen LogP contribution < -0.4 is 0 Å². The summed E-state index contributed by atoms with van der Waals surface area (Å²) in [6, 6.07) is 1.74. The number of fused-ring (bicyclic) bond motifs is 1. The third-order valence-electron chi connectivity index (χ3n) is 1.88. The van der Waals surface area contributed by atoms with Gasteiger partial charge in [-0.05, 0) is 12.1 Å². The van der Waals surface area contributed by atoms with Crippen molar-refractivity contribution in [3.05, 3.63) is 34.7 Å². The van der Waals surface area contributed by atoms with Crippen LogP contribution in [0.5, 0.6) is 0 Å². The summed E-state index contributed by atoms with van der Waals surface area (Å²) in [5.41, 5.74) is -0.246. The van der Waals surface area contributed by atoms with Gasteiger partial charge in [-0.2, -0.15) is 0 Å². The van der Waals surface area contributed by atoms with E-state index in [-0.39, 0.29) is 10.9 Å². The van der Waals surface area contributed by atoms with E-state index < -0.39 is 18.1 Å². The Labute approximate surface area is 80.8 Å². The molecule has 2 aromatic rings. The van der Waals surface area contributed by atoms with E-state index >= 15 is 0 Å². The van der Waals surface area contributed by atoms with Gasteiger partial charge in [0.1, 0.15) is 0 Å². The molecule has 1 aromatic heterocycles. The van der Waals surface area contributed by atoms with Crippen molar-refractivity contribution in [1.29, 1.82) is 0 Å². The molecule has 0 fully saturated rings. The molecule has 0 bridgehead atoms. The molecule has 74 valence electrons. The standard InChI is InChI=1S/C9H4F4S/c10-6-1-4-5(9(12)13)3-14-8(4)2-7(6)11/h1-3,9H. The molecule has 0 aliphatic rings. The molecule has 0 saturated heterocycles. The zero-order valence-corrected chi connectivity index (χ0v) is 7.55. The van der Waals surface area contributed by atoms with Gasteiger partial charge in [0.25, 0.3) is 6.43 Å². The van der Waals surface area contributed by atoms with E-state index in [9.17, 15) is 17.6 Å². The van der Waals surface area contributed by atoms with Crippen molar-refractivity contribution in [2.75, 3.05) is 0 Å². The summed E-state index contributed by atoms with van der Waals surface area (Å²) < 4.78 is 50.5. The van der Waals surface area contributed by atoms with Crippen LogP contribution in [0.4, 0.5) is 17.6 Å². The van der Waals surface area contributed by atoms with Crippen molar-refractivity contribution in [2.45, 2.75) is 6.43 Å². The normalized spacial score (nSPS) is 11.5. The van der Waals surface area contributed by atoms with Crippen LogP contribution in [0.2, 0.25) is 0 Å². The molecule has 2 rings (SSSR count). The predicted molar refractivity (Wildman–Crippen MR) is 46.7 cm³/mol. The summed E-state index contributed by atoms with van der Waals surface area (Å²) in [4.78, 5) is 0. The first-order valence-corrected chi connectivity index (χ1v) is 4.62. The summed E-state index contributed by atoms with van der Waals surface area (Å²) in [6.45, 7) is 0. The molecule has 1 aromatic carbocycles. The fraction of sp³-hybridized carbons (Fsp3) is 0.111. The van der Waals surface area contributed by atoms with Crippen LogP contribution in [0, 0.1) is 11.6 Å². The Morgan fingerprint density at radius 3 is 2.36 bits per heavy atom. The van der Waals surface area contributed by atoms with Crippen LogP contribution in [0.15, 0.2) is 17.5 Å². The van der Waals surface area contributed by atoms with Crippen molar-refractivity contribution in [3.63, 3.8) is 0 Å². The first-order valence-electron chi connectivity index (χ1n) is 3.74. The lowest BCUT2D eigenvalue weighted by molar-refractivity contribution is 0.153. The summed E-state index contributed by atoms with van der Waals surface area (Å²) in [7, 11) is 0. The molecule has 0 aliphatic carbocycles. The van der Waals surface area contributed by atoms with Crippen LogP contribution in [0.25, 0.3) is 10.1 Å². The van der Waals surface area contributed by atoms with Crippen molar-refractivity contribution < 1.29 is 17.6 Å².